The maximum absolute atomic E-state index is 6.32. The fraction of sp³-hybridized carbons (Fsp3) is 0.378. The van der Waals surface area contributed by atoms with Gasteiger partial charge in [-0.1, -0.05) is 129 Å². The highest BCUT2D eigenvalue weighted by Gasteiger charge is 2.15. The van der Waals surface area contributed by atoms with Crippen molar-refractivity contribution < 1.29 is 0 Å². The Morgan fingerprint density at radius 2 is 1.44 bits per heavy atom. The first-order chi connectivity index (χ1) is 20.1. The second kappa shape index (κ2) is 22.0. The molecule has 1 heterocycles. The van der Waals surface area contributed by atoms with Gasteiger partial charge in [0.25, 0.3) is 0 Å². The molecule has 1 aromatic heterocycles. The molecule has 41 heavy (non-hydrogen) atoms. The van der Waals surface area contributed by atoms with E-state index < -0.39 is 0 Å². The molecule has 1 aromatic carbocycles. The van der Waals surface area contributed by atoms with Crippen LogP contribution < -0.4 is 5.73 Å². The Morgan fingerprint density at radius 3 is 2.05 bits per heavy atom. The van der Waals surface area contributed by atoms with Crippen molar-refractivity contribution in [3.05, 3.63) is 102 Å². The second-order valence-electron chi connectivity index (χ2n) is 8.26. The van der Waals surface area contributed by atoms with Crippen molar-refractivity contribution in [3.63, 3.8) is 0 Å². The maximum Gasteiger partial charge on any atom is 0.164 e. The molecule has 0 spiro atoms. The van der Waals surface area contributed by atoms with Gasteiger partial charge in [0.15, 0.2) is 17.5 Å². The van der Waals surface area contributed by atoms with E-state index in [-0.39, 0.29) is 0 Å². The summed E-state index contributed by atoms with van der Waals surface area (Å²) in [5.74, 6) is 2.27. The summed E-state index contributed by atoms with van der Waals surface area (Å²) in [5.41, 5.74) is 12.1. The van der Waals surface area contributed by atoms with Crippen molar-refractivity contribution in [2.45, 2.75) is 89.0 Å². The lowest BCUT2D eigenvalue weighted by atomic mass is 9.97. The molecule has 2 aromatic rings. The molecule has 0 fully saturated rings. The van der Waals surface area contributed by atoms with Crippen LogP contribution in [0.25, 0.3) is 28.1 Å². The molecule has 1 atom stereocenters. The van der Waals surface area contributed by atoms with E-state index in [9.17, 15) is 0 Å². The van der Waals surface area contributed by atoms with Gasteiger partial charge in [0.2, 0.25) is 0 Å². The molecule has 4 rings (SSSR count). The minimum atomic E-state index is 0.363. The SMILES string of the molecule is C/C=C\C(=C/C)c1nc(C2=CC=CC(C)C=C2)nc(-c2cc(N)cc(C3=CCCC=C3)c2)n1.CC.CC.CC.CC. The van der Waals surface area contributed by atoms with Gasteiger partial charge in [-0.2, -0.15) is 0 Å². The molecule has 4 nitrogen and oxygen atoms in total. The van der Waals surface area contributed by atoms with Crippen LogP contribution >= 0.6 is 0 Å². The molecule has 2 N–H and O–H groups in total. The predicted molar refractivity (Wildman–Crippen MR) is 185 cm³/mol. The average Bonchev–Trinajstić information content (AvgIpc) is 3.28. The zero-order chi connectivity index (χ0) is 31.2. The monoisotopic (exact) mass is 554 g/mol. The van der Waals surface area contributed by atoms with Crippen LogP contribution in [-0.4, -0.2) is 15.0 Å². The summed E-state index contributed by atoms with van der Waals surface area (Å²) in [6.45, 7) is 22.1. The number of hydrogen-bond donors (Lipinski definition) is 1. The van der Waals surface area contributed by atoms with E-state index in [2.05, 4.69) is 61.6 Å². The summed E-state index contributed by atoms with van der Waals surface area (Å²) in [5, 5.41) is 0. The van der Waals surface area contributed by atoms with Crippen LogP contribution in [0.1, 0.15) is 106 Å². The number of nitrogen functional groups attached to an aromatic ring is 1. The molecular weight excluding hydrogens is 500 g/mol. The molecule has 1 unspecified atom stereocenters. The third kappa shape index (κ3) is 11.7. The first kappa shape index (κ1) is 37.2. The molecule has 222 valence electrons. The summed E-state index contributed by atoms with van der Waals surface area (Å²) in [4.78, 5) is 14.6. The van der Waals surface area contributed by atoms with E-state index in [1.165, 1.54) is 5.57 Å². The Bertz CT molecular complexity index is 1250. The van der Waals surface area contributed by atoms with Crippen LogP contribution in [0.4, 0.5) is 5.69 Å². The molecule has 2 aliphatic carbocycles. The standard InChI is InChI=1S/C29H30N4.4C2H6/c1-4-10-21(5-2)27-31-28(23-14-9-11-20(3)15-16-23)33-29(32-27)25-17-24(18-26(30)19-25)22-12-7-6-8-13-22;4*1-2/h4-5,7,9-20H,6,8,30H2,1-3H3;4*1-2H3/b10-4-,21-5+;;;;. The van der Waals surface area contributed by atoms with Crippen LogP contribution in [0, 0.1) is 5.92 Å². The lowest BCUT2D eigenvalue weighted by Gasteiger charge is -2.12. The van der Waals surface area contributed by atoms with Gasteiger partial charge >= 0.3 is 0 Å². The van der Waals surface area contributed by atoms with Gasteiger partial charge in [-0.25, -0.2) is 15.0 Å². The number of nitrogens with two attached hydrogens (primary N) is 1. The highest BCUT2D eigenvalue weighted by molar-refractivity contribution is 5.81. The summed E-state index contributed by atoms with van der Waals surface area (Å²) >= 11 is 0. The largest absolute Gasteiger partial charge is 0.399 e. The van der Waals surface area contributed by atoms with Crippen LogP contribution in [0.2, 0.25) is 0 Å². The smallest absolute Gasteiger partial charge is 0.164 e. The molecule has 0 bridgehead atoms. The average molecular weight is 555 g/mol. The zero-order valence-corrected chi connectivity index (χ0v) is 27.5. The number of allylic oxidation sites excluding steroid dienone is 14. The molecule has 0 saturated heterocycles. The Balaban J connectivity index is 0.00000184. The van der Waals surface area contributed by atoms with E-state index in [1.54, 1.807) is 0 Å². The van der Waals surface area contributed by atoms with Crippen LogP contribution in [0.3, 0.4) is 0 Å². The van der Waals surface area contributed by atoms with Crippen molar-refractivity contribution in [2.75, 3.05) is 5.73 Å². The molecule has 0 saturated carbocycles. The van der Waals surface area contributed by atoms with Crippen LogP contribution in [0.15, 0.2) is 85.0 Å². The Kier molecular flexibility index (Phi) is 19.9. The molecule has 0 radical (unpaired) electrons. The Morgan fingerprint density at radius 1 is 0.780 bits per heavy atom. The van der Waals surface area contributed by atoms with Gasteiger partial charge in [0, 0.05) is 22.4 Å². The van der Waals surface area contributed by atoms with E-state index in [0.717, 1.165) is 35.1 Å². The van der Waals surface area contributed by atoms with E-state index in [1.807, 2.05) is 99.6 Å². The van der Waals surface area contributed by atoms with Gasteiger partial charge in [-0.05, 0) is 61.9 Å². The highest BCUT2D eigenvalue weighted by Crippen LogP contribution is 2.29. The van der Waals surface area contributed by atoms with E-state index in [0.29, 0.717) is 29.1 Å². The predicted octanol–water partition coefficient (Wildman–Crippen LogP) is 11.1. The first-order valence-electron chi connectivity index (χ1n) is 15.5. The number of anilines is 1. The normalized spacial score (nSPS) is 15.4. The maximum atomic E-state index is 6.32. The summed E-state index contributed by atoms with van der Waals surface area (Å²) in [6, 6.07) is 6.06. The molecule has 4 heteroatoms. The summed E-state index contributed by atoms with van der Waals surface area (Å²) < 4.78 is 0. The van der Waals surface area contributed by atoms with Crippen molar-refractivity contribution in [1.82, 2.24) is 15.0 Å². The minimum Gasteiger partial charge on any atom is -0.399 e. The number of rotatable bonds is 5. The quantitative estimate of drug-likeness (QED) is 0.295. The topological polar surface area (TPSA) is 64.7 Å². The second-order valence-corrected chi connectivity index (χ2v) is 8.26. The molecule has 0 amide bonds. The van der Waals surface area contributed by atoms with Gasteiger partial charge in [0.05, 0.1) is 0 Å². The Hall–Kier alpha value is -3.79. The van der Waals surface area contributed by atoms with Gasteiger partial charge in [0.1, 0.15) is 0 Å². The first-order valence-corrected chi connectivity index (χ1v) is 15.5. The van der Waals surface area contributed by atoms with E-state index >= 15 is 0 Å². The lowest BCUT2D eigenvalue weighted by Crippen LogP contribution is -2.05. The van der Waals surface area contributed by atoms with Crippen molar-refractivity contribution >= 4 is 22.4 Å². The molecular formula is C37H54N4. The fourth-order valence-corrected chi connectivity index (χ4v) is 3.88. The summed E-state index contributed by atoms with van der Waals surface area (Å²) in [7, 11) is 0. The van der Waals surface area contributed by atoms with Crippen LogP contribution in [0.5, 0.6) is 0 Å². The van der Waals surface area contributed by atoms with Gasteiger partial charge in [-0.3, -0.25) is 0 Å². The zero-order valence-electron chi connectivity index (χ0n) is 27.5. The lowest BCUT2D eigenvalue weighted by molar-refractivity contribution is 0.942. The number of aromatic nitrogens is 3. The van der Waals surface area contributed by atoms with Gasteiger partial charge < -0.3 is 5.73 Å². The number of nitrogens with zero attached hydrogens (tertiary/aromatic N) is 3. The molecule has 0 aliphatic heterocycles. The van der Waals surface area contributed by atoms with Crippen molar-refractivity contribution in [2.24, 2.45) is 5.92 Å². The summed E-state index contributed by atoms with van der Waals surface area (Å²) in [6.07, 6.45) is 25.3. The number of hydrogen-bond acceptors (Lipinski definition) is 4. The van der Waals surface area contributed by atoms with Crippen molar-refractivity contribution in [3.8, 4) is 11.4 Å². The highest BCUT2D eigenvalue weighted by atomic mass is 15.0. The molecule has 2 aliphatic rings. The van der Waals surface area contributed by atoms with Crippen molar-refractivity contribution in [1.29, 1.82) is 0 Å². The minimum absolute atomic E-state index is 0.363. The van der Waals surface area contributed by atoms with E-state index in [4.69, 9.17) is 20.7 Å². The fourth-order valence-electron chi connectivity index (χ4n) is 3.88. The van der Waals surface area contributed by atoms with Crippen LogP contribution in [-0.2, 0) is 0 Å². The third-order valence-electron chi connectivity index (χ3n) is 5.62. The van der Waals surface area contributed by atoms with Gasteiger partial charge in [-0.15, -0.1) is 0 Å². The Labute approximate surface area is 251 Å². The number of benzene rings is 1. The third-order valence-corrected chi connectivity index (χ3v) is 5.62.